The summed E-state index contributed by atoms with van der Waals surface area (Å²) in [6.45, 7) is 0. The number of anilines is 1. The first-order valence-corrected chi connectivity index (χ1v) is 9.33. The third kappa shape index (κ3) is 4.89. The molecule has 1 aromatic carbocycles. The Balaban J connectivity index is 1.52. The van der Waals surface area contributed by atoms with E-state index in [0.29, 0.717) is 11.6 Å². The molecule has 3 aromatic rings. The van der Waals surface area contributed by atoms with Crippen molar-refractivity contribution < 1.29 is 4.79 Å². The van der Waals surface area contributed by atoms with Crippen molar-refractivity contribution in [1.82, 2.24) is 4.98 Å². The highest BCUT2D eigenvalue weighted by molar-refractivity contribution is 7.15. The number of amides is 1. The molecule has 0 saturated carbocycles. The van der Waals surface area contributed by atoms with Gasteiger partial charge < -0.3 is 5.32 Å². The first-order valence-electron chi connectivity index (χ1n) is 7.19. The van der Waals surface area contributed by atoms with Crippen molar-refractivity contribution in [2.24, 2.45) is 0 Å². The van der Waals surface area contributed by atoms with E-state index in [-0.39, 0.29) is 5.91 Å². The maximum Gasteiger partial charge on any atom is 0.226 e. The van der Waals surface area contributed by atoms with Crippen molar-refractivity contribution in [1.29, 1.82) is 0 Å². The molecule has 6 heteroatoms. The average Bonchev–Trinajstić information content (AvgIpc) is 3.20. The van der Waals surface area contributed by atoms with Crippen molar-refractivity contribution in [2.45, 2.75) is 19.3 Å². The molecule has 0 saturated heterocycles. The van der Waals surface area contributed by atoms with E-state index in [1.807, 2.05) is 41.9 Å². The van der Waals surface area contributed by atoms with Crippen molar-refractivity contribution in [3.05, 3.63) is 68.3 Å². The van der Waals surface area contributed by atoms with Gasteiger partial charge in [0.15, 0.2) is 5.13 Å². The van der Waals surface area contributed by atoms with Crippen LogP contribution in [0.15, 0.2) is 47.3 Å². The smallest absolute Gasteiger partial charge is 0.226 e. The second kappa shape index (κ2) is 7.73. The van der Waals surface area contributed by atoms with Crippen molar-refractivity contribution in [3.63, 3.8) is 0 Å². The fraction of sp³-hybridized carbons (Fsp3) is 0.176. The summed E-state index contributed by atoms with van der Waals surface area (Å²) in [5.41, 5.74) is 2.38. The highest BCUT2D eigenvalue weighted by Crippen LogP contribution is 2.22. The quantitative estimate of drug-likeness (QED) is 0.668. The predicted octanol–water partition coefficient (Wildman–Crippen LogP) is 5.02. The first kappa shape index (κ1) is 16.2. The van der Waals surface area contributed by atoms with E-state index in [1.165, 1.54) is 22.5 Å². The van der Waals surface area contributed by atoms with Crippen molar-refractivity contribution >= 4 is 45.3 Å². The Bertz CT molecular complexity index is 766. The zero-order valence-electron chi connectivity index (χ0n) is 12.3. The van der Waals surface area contributed by atoms with Crippen LogP contribution >= 0.6 is 34.3 Å². The molecule has 0 unspecified atom stereocenters. The summed E-state index contributed by atoms with van der Waals surface area (Å²) in [6.07, 6.45) is 3.84. The average molecular weight is 363 g/mol. The number of aryl methyl sites for hydroxylation is 1. The molecule has 0 aliphatic heterocycles. The zero-order valence-corrected chi connectivity index (χ0v) is 14.7. The lowest BCUT2D eigenvalue weighted by Gasteiger charge is -2.00. The van der Waals surface area contributed by atoms with Crippen LogP contribution in [0.5, 0.6) is 0 Å². The number of hydrogen-bond acceptors (Lipinski definition) is 4. The van der Waals surface area contributed by atoms with Gasteiger partial charge in [-0.1, -0.05) is 23.7 Å². The molecule has 0 aliphatic rings. The number of aromatic nitrogens is 1. The van der Waals surface area contributed by atoms with Crippen LogP contribution in [0, 0.1) is 0 Å². The van der Waals surface area contributed by atoms with Gasteiger partial charge in [-0.2, -0.15) is 11.3 Å². The van der Waals surface area contributed by atoms with Gasteiger partial charge in [0.2, 0.25) is 5.91 Å². The van der Waals surface area contributed by atoms with E-state index >= 15 is 0 Å². The molecule has 0 radical (unpaired) electrons. The predicted molar refractivity (Wildman–Crippen MR) is 97.6 cm³/mol. The molecule has 0 spiro atoms. The molecule has 118 valence electrons. The van der Waals surface area contributed by atoms with Crippen LogP contribution in [-0.4, -0.2) is 10.9 Å². The molecule has 1 amide bonds. The van der Waals surface area contributed by atoms with Gasteiger partial charge in [-0.25, -0.2) is 4.98 Å². The second-order valence-electron chi connectivity index (χ2n) is 5.11. The van der Waals surface area contributed by atoms with Gasteiger partial charge in [-0.05, 0) is 46.5 Å². The van der Waals surface area contributed by atoms with Crippen LogP contribution in [0.3, 0.4) is 0 Å². The number of thiophene rings is 1. The number of carbonyl (C=O) groups excluding carboxylic acids is 1. The minimum absolute atomic E-state index is 0.00333. The van der Waals surface area contributed by atoms with Gasteiger partial charge in [0.25, 0.3) is 0 Å². The van der Waals surface area contributed by atoms with Gasteiger partial charge >= 0.3 is 0 Å². The monoisotopic (exact) mass is 362 g/mol. The van der Waals surface area contributed by atoms with Crippen molar-refractivity contribution in [3.8, 4) is 0 Å². The fourth-order valence-corrected chi connectivity index (χ4v) is 3.82. The summed E-state index contributed by atoms with van der Waals surface area (Å²) >= 11 is 9.05. The number of halogens is 1. The SMILES string of the molecule is O=C(CCc1ccsc1)Nc1ncc(Cc2ccc(Cl)cc2)s1. The largest absolute Gasteiger partial charge is 0.302 e. The summed E-state index contributed by atoms with van der Waals surface area (Å²) in [7, 11) is 0. The number of rotatable bonds is 6. The molecule has 2 aromatic heterocycles. The Morgan fingerprint density at radius 2 is 2.00 bits per heavy atom. The third-order valence-corrected chi connectivity index (χ3v) is 5.21. The number of nitrogens with zero attached hydrogens (tertiary/aromatic N) is 1. The Labute approximate surface area is 148 Å². The maximum atomic E-state index is 12.0. The van der Waals surface area contributed by atoms with Crippen LogP contribution in [0.4, 0.5) is 5.13 Å². The summed E-state index contributed by atoms with van der Waals surface area (Å²) in [6, 6.07) is 9.81. The Morgan fingerprint density at radius 1 is 1.17 bits per heavy atom. The lowest BCUT2D eigenvalue weighted by molar-refractivity contribution is -0.116. The van der Waals surface area contributed by atoms with E-state index in [1.54, 1.807) is 11.3 Å². The molecule has 0 bridgehead atoms. The first-order chi connectivity index (χ1) is 11.2. The minimum atomic E-state index is 0.00333. The summed E-state index contributed by atoms with van der Waals surface area (Å²) in [5, 5.41) is 8.36. The third-order valence-electron chi connectivity index (χ3n) is 3.31. The summed E-state index contributed by atoms with van der Waals surface area (Å²) in [4.78, 5) is 17.3. The number of nitrogens with one attached hydrogen (secondary N) is 1. The fourth-order valence-electron chi connectivity index (χ4n) is 2.13. The van der Waals surface area contributed by atoms with Gasteiger partial charge in [-0.3, -0.25) is 4.79 Å². The van der Waals surface area contributed by atoms with E-state index in [0.717, 1.165) is 22.7 Å². The summed E-state index contributed by atoms with van der Waals surface area (Å²) in [5.74, 6) is 0.00333. The molecular formula is C17H15ClN2OS2. The van der Waals surface area contributed by atoms with Gasteiger partial charge in [0.05, 0.1) is 0 Å². The Hall–Kier alpha value is -1.69. The molecular weight excluding hydrogens is 348 g/mol. The topological polar surface area (TPSA) is 42.0 Å². The van der Waals surface area contributed by atoms with Gasteiger partial charge in [-0.15, -0.1) is 11.3 Å². The molecule has 2 heterocycles. The van der Waals surface area contributed by atoms with Crippen LogP contribution in [0.2, 0.25) is 5.02 Å². The zero-order chi connectivity index (χ0) is 16.1. The van der Waals surface area contributed by atoms with Gasteiger partial charge in [0.1, 0.15) is 0 Å². The lowest BCUT2D eigenvalue weighted by atomic mass is 10.1. The second-order valence-corrected chi connectivity index (χ2v) is 7.45. The van der Waals surface area contributed by atoms with E-state index < -0.39 is 0 Å². The van der Waals surface area contributed by atoms with Crippen LogP contribution in [0.25, 0.3) is 0 Å². The van der Waals surface area contributed by atoms with Crippen molar-refractivity contribution in [2.75, 3.05) is 5.32 Å². The standard InChI is InChI=1S/C17H15ClN2OS2/c18-14-4-1-12(2-5-14)9-15-10-19-17(23-15)20-16(21)6-3-13-7-8-22-11-13/h1-2,4-5,7-8,10-11H,3,6,9H2,(H,19,20,21). The maximum absolute atomic E-state index is 12.0. The number of hydrogen-bond donors (Lipinski definition) is 1. The van der Waals surface area contributed by atoms with E-state index in [9.17, 15) is 4.79 Å². The normalized spacial score (nSPS) is 10.7. The highest BCUT2D eigenvalue weighted by atomic mass is 35.5. The molecule has 0 aliphatic carbocycles. The van der Waals surface area contributed by atoms with Crippen LogP contribution in [0.1, 0.15) is 22.4 Å². The molecule has 23 heavy (non-hydrogen) atoms. The van der Waals surface area contributed by atoms with Crippen LogP contribution in [-0.2, 0) is 17.6 Å². The number of carbonyl (C=O) groups is 1. The Morgan fingerprint density at radius 3 is 2.74 bits per heavy atom. The number of benzene rings is 1. The van der Waals surface area contributed by atoms with Crippen LogP contribution < -0.4 is 5.32 Å². The summed E-state index contributed by atoms with van der Waals surface area (Å²) < 4.78 is 0. The Kier molecular flexibility index (Phi) is 5.43. The molecule has 0 fully saturated rings. The van der Waals surface area contributed by atoms with Gasteiger partial charge in [0, 0.05) is 28.9 Å². The molecule has 3 nitrogen and oxygen atoms in total. The molecule has 3 rings (SSSR count). The minimum Gasteiger partial charge on any atom is -0.302 e. The van der Waals surface area contributed by atoms with E-state index in [2.05, 4.69) is 15.7 Å². The number of thiazole rings is 1. The molecule has 0 atom stereocenters. The molecule has 1 N–H and O–H groups in total. The van der Waals surface area contributed by atoms with E-state index in [4.69, 9.17) is 11.6 Å². The highest BCUT2D eigenvalue weighted by Gasteiger charge is 2.08. The lowest BCUT2D eigenvalue weighted by Crippen LogP contribution is -2.11.